The molecule has 0 aliphatic rings. The monoisotopic (exact) mass is 369 g/mol. The number of rotatable bonds is 6. The third kappa shape index (κ3) is 5.51. The summed E-state index contributed by atoms with van der Waals surface area (Å²) in [4.78, 5) is 23.4. The van der Waals surface area contributed by atoms with Crippen molar-refractivity contribution in [2.24, 2.45) is 0 Å². The van der Waals surface area contributed by atoms with Crippen LogP contribution in [-0.2, 0) is 20.7 Å². The smallest absolute Gasteiger partial charge is 0.306 e. The fourth-order valence-corrected chi connectivity index (χ4v) is 2.25. The van der Waals surface area contributed by atoms with E-state index in [4.69, 9.17) is 27.9 Å². The quantitative estimate of drug-likeness (QED) is 0.774. The summed E-state index contributed by atoms with van der Waals surface area (Å²) in [6.45, 7) is -0.426. The molecule has 2 aromatic rings. The molecule has 0 saturated heterocycles. The summed E-state index contributed by atoms with van der Waals surface area (Å²) in [5, 5.41) is 3.04. The van der Waals surface area contributed by atoms with E-state index in [-0.39, 0.29) is 17.3 Å². The molecule has 0 radical (unpaired) electrons. The second-order valence-corrected chi connectivity index (χ2v) is 5.72. The number of hydrogen-bond donors (Lipinski definition) is 1. The second kappa shape index (κ2) is 8.66. The van der Waals surface area contributed by atoms with Crippen molar-refractivity contribution in [2.45, 2.75) is 12.8 Å². The van der Waals surface area contributed by atoms with Crippen LogP contribution in [0.2, 0.25) is 10.0 Å². The number of halogens is 3. The summed E-state index contributed by atoms with van der Waals surface area (Å²) < 4.78 is 17.7. The van der Waals surface area contributed by atoms with Gasteiger partial charge in [0.1, 0.15) is 5.82 Å². The molecule has 126 valence electrons. The van der Waals surface area contributed by atoms with Gasteiger partial charge in [0.15, 0.2) is 6.61 Å². The summed E-state index contributed by atoms with van der Waals surface area (Å²) in [6, 6.07) is 10.6. The number of anilines is 1. The van der Waals surface area contributed by atoms with Gasteiger partial charge in [-0.05, 0) is 36.2 Å². The minimum Gasteiger partial charge on any atom is -0.456 e. The predicted molar refractivity (Wildman–Crippen MR) is 90.8 cm³/mol. The minimum atomic E-state index is -0.522. The van der Waals surface area contributed by atoms with Gasteiger partial charge in [0.25, 0.3) is 5.91 Å². The molecule has 4 nitrogen and oxygen atoms in total. The molecule has 24 heavy (non-hydrogen) atoms. The Bertz CT molecular complexity index is 735. The zero-order valence-corrected chi connectivity index (χ0v) is 14.0. The maximum Gasteiger partial charge on any atom is 0.306 e. The Morgan fingerprint density at radius 3 is 2.50 bits per heavy atom. The number of carbonyl (C=O) groups excluding carboxylic acids is 2. The number of nitrogens with one attached hydrogen (secondary N) is 1. The highest BCUT2D eigenvalue weighted by molar-refractivity contribution is 6.43. The van der Waals surface area contributed by atoms with Gasteiger partial charge in [-0.15, -0.1) is 0 Å². The average molecular weight is 370 g/mol. The lowest BCUT2D eigenvalue weighted by atomic mass is 10.1. The molecule has 1 N–H and O–H groups in total. The van der Waals surface area contributed by atoms with E-state index in [1.54, 1.807) is 30.3 Å². The first kappa shape index (κ1) is 18.2. The Kier molecular flexibility index (Phi) is 6.58. The number of hydrogen-bond acceptors (Lipinski definition) is 3. The lowest BCUT2D eigenvalue weighted by molar-refractivity contribution is -0.147. The van der Waals surface area contributed by atoms with Crippen LogP contribution in [0.15, 0.2) is 42.5 Å². The van der Waals surface area contributed by atoms with E-state index >= 15 is 0 Å². The van der Waals surface area contributed by atoms with Gasteiger partial charge in [-0.25, -0.2) is 4.39 Å². The molecule has 7 heteroatoms. The minimum absolute atomic E-state index is 0.0941. The molecule has 0 spiro atoms. The zero-order chi connectivity index (χ0) is 17.5. The standard InChI is InChI=1S/C17H14Cl2FNO3/c18-13-2-1-3-14(17(13)19)21-15(22)10-24-16(23)9-6-11-4-7-12(20)8-5-11/h1-5,7-8H,6,9-10H2,(H,21,22). The van der Waals surface area contributed by atoms with Crippen LogP contribution in [0.4, 0.5) is 10.1 Å². The largest absolute Gasteiger partial charge is 0.456 e. The van der Waals surface area contributed by atoms with Crippen molar-refractivity contribution in [2.75, 3.05) is 11.9 Å². The lowest BCUT2D eigenvalue weighted by Crippen LogP contribution is -2.21. The van der Waals surface area contributed by atoms with E-state index in [2.05, 4.69) is 5.32 Å². The van der Waals surface area contributed by atoms with Crippen LogP contribution in [0, 0.1) is 5.82 Å². The first-order chi connectivity index (χ1) is 11.5. The number of carbonyl (C=O) groups is 2. The van der Waals surface area contributed by atoms with E-state index in [9.17, 15) is 14.0 Å². The highest BCUT2D eigenvalue weighted by Crippen LogP contribution is 2.29. The molecular formula is C17H14Cl2FNO3. The second-order valence-electron chi connectivity index (χ2n) is 4.94. The molecule has 0 aliphatic carbocycles. The Morgan fingerprint density at radius 1 is 1.08 bits per heavy atom. The molecule has 2 aromatic carbocycles. The summed E-state index contributed by atoms with van der Waals surface area (Å²) in [6.07, 6.45) is 0.498. The summed E-state index contributed by atoms with van der Waals surface area (Å²) in [7, 11) is 0. The normalized spacial score (nSPS) is 10.3. The van der Waals surface area contributed by atoms with Crippen LogP contribution < -0.4 is 5.32 Å². The van der Waals surface area contributed by atoms with Crippen molar-refractivity contribution in [1.29, 1.82) is 0 Å². The van der Waals surface area contributed by atoms with Crippen LogP contribution in [0.1, 0.15) is 12.0 Å². The molecule has 1 amide bonds. The predicted octanol–water partition coefficient (Wildman–Crippen LogP) is 4.25. The lowest BCUT2D eigenvalue weighted by Gasteiger charge is -2.09. The van der Waals surface area contributed by atoms with E-state index in [1.807, 2.05) is 0 Å². The van der Waals surface area contributed by atoms with Crippen molar-refractivity contribution in [3.63, 3.8) is 0 Å². The molecule has 0 aromatic heterocycles. The van der Waals surface area contributed by atoms with Gasteiger partial charge in [-0.3, -0.25) is 9.59 Å². The molecular weight excluding hydrogens is 356 g/mol. The summed E-state index contributed by atoms with van der Waals surface area (Å²) >= 11 is 11.8. The van der Waals surface area contributed by atoms with E-state index in [0.29, 0.717) is 17.1 Å². The molecule has 0 atom stereocenters. The van der Waals surface area contributed by atoms with Gasteiger partial charge in [0.05, 0.1) is 15.7 Å². The molecule has 0 aliphatic heterocycles. The molecule has 0 unspecified atom stereocenters. The third-order valence-corrected chi connectivity index (χ3v) is 3.94. The average Bonchev–Trinajstić information content (AvgIpc) is 2.56. The first-order valence-electron chi connectivity index (χ1n) is 7.09. The molecule has 0 saturated carbocycles. The maximum atomic E-state index is 12.8. The van der Waals surface area contributed by atoms with Crippen molar-refractivity contribution in [3.05, 3.63) is 63.9 Å². The van der Waals surface area contributed by atoms with Crippen molar-refractivity contribution in [1.82, 2.24) is 0 Å². The SMILES string of the molecule is O=C(COC(=O)CCc1ccc(F)cc1)Nc1cccc(Cl)c1Cl. The van der Waals surface area contributed by atoms with Crippen LogP contribution in [0.3, 0.4) is 0 Å². The summed E-state index contributed by atoms with van der Waals surface area (Å²) in [5.74, 6) is -1.38. The Morgan fingerprint density at radius 2 is 1.79 bits per heavy atom. The van der Waals surface area contributed by atoms with Crippen molar-refractivity contribution < 1.29 is 18.7 Å². The number of ether oxygens (including phenoxy) is 1. The van der Waals surface area contributed by atoms with Gasteiger partial charge >= 0.3 is 5.97 Å². The highest BCUT2D eigenvalue weighted by Gasteiger charge is 2.11. The topological polar surface area (TPSA) is 55.4 Å². The van der Waals surface area contributed by atoms with Crippen LogP contribution >= 0.6 is 23.2 Å². The van der Waals surface area contributed by atoms with Gasteiger partial charge in [0.2, 0.25) is 0 Å². The highest BCUT2D eigenvalue weighted by atomic mass is 35.5. The van der Waals surface area contributed by atoms with E-state index in [1.165, 1.54) is 12.1 Å². The fraction of sp³-hybridized carbons (Fsp3) is 0.176. The van der Waals surface area contributed by atoms with Gasteiger partial charge in [-0.2, -0.15) is 0 Å². The zero-order valence-electron chi connectivity index (χ0n) is 12.5. The molecule has 0 heterocycles. The Labute approximate surface area is 148 Å². The first-order valence-corrected chi connectivity index (χ1v) is 7.85. The maximum absolute atomic E-state index is 12.8. The van der Waals surface area contributed by atoms with Crippen LogP contribution in [0.25, 0.3) is 0 Å². The van der Waals surface area contributed by atoms with E-state index < -0.39 is 18.5 Å². The molecule has 2 rings (SSSR count). The van der Waals surface area contributed by atoms with Gasteiger partial charge < -0.3 is 10.1 Å². The Hall–Kier alpha value is -2.11. The Balaban J connectivity index is 1.75. The van der Waals surface area contributed by atoms with Gasteiger partial charge in [0, 0.05) is 6.42 Å². The number of esters is 1. The fourth-order valence-electron chi connectivity index (χ4n) is 1.90. The van der Waals surface area contributed by atoms with Gasteiger partial charge in [-0.1, -0.05) is 41.4 Å². The molecule has 0 bridgehead atoms. The van der Waals surface area contributed by atoms with Crippen LogP contribution in [0.5, 0.6) is 0 Å². The number of amides is 1. The van der Waals surface area contributed by atoms with Crippen molar-refractivity contribution in [3.8, 4) is 0 Å². The number of benzene rings is 2. The number of aryl methyl sites for hydroxylation is 1. The van der Waals surface area contributed by atoms with Crippen molar-refractivity contribution >= 4 is 40.8 Å². The third-order valence-electron chi connectivity index (χ3n) is 3.12. The molecule has 0 fully saturated rings. The summed E-state index contributed by atoms with van der Waals surface area (Å²) in [5.41, 5.74) is 1.15. The van der Waals surface area contributed by atoms with E-state index in [0.717, 1.165) is 5.56 Å². The van der Waals surface area contributed by atoms with Crippen LogP contribution in [-0.4, -0.2) is 18.5 Å².